The SMILES string of the molecule is CCCn1c(=O)c2c(nc(SC(=O)O)n2C2CS(=O)(=O)C2)n(C)c1=O. The fourth-order valence-electron chi connectivity index (χ4n) is 2.92. The van der Waals surface area contributed by atoms with E-state index in [1.165, 1.54) is 16.2 Å². The maximum atomic E-state index is 12.8. The Morgan fingerprint density at radius 3 is 2.52 bits per heavy atom. The first-order chi connectivity index (χ1) is 11.7. The van der Waals surface area contributed by atoms with Crippen LogP contribution in [-0.4, -0.2) is 49.0 Å². The summed E-state index contributed by atoms with van der Waals surface area (Å²) in [6.45, 7) is 2.02. The highest BCUT2D eigenvalue weighted by Gasteiger charge is 2.38. The van der Waals surface area contributed by atoms with Crippen LogP contribution in [0.3, 0.4) is 0 Å². The lowest BCUT2D eigenvalue weighted by molar-refractivity contribution is 0.222. The van der Waals surface area contributed by atoms with E-state index in [4.69, 9.17) is 5.11 Å². The second kappa shape index (κ2) is 6.02. The van der Waals surface area contributed by atoms with Crippen LogP contribution < -0.4 is 11.2 Å². The lowest BCUT2D eigenvalue weighted by Crippen LogP contribution is -2.42. The van der Waals surface area contributed by atoms with Gasteiger partial charge in [0.15, 0.2) is 26.2 Å². The van der Waals surface area contributed by atoms with E-state index in [-0.39, 0.29) is 34.4 Å². The van der Waals surface area contributed by atoms with Gasteiger partial charge >= 0.3 is 11.0 Å². The van der Waals surface area contributed by atoms with E-state index < -0.39 is 32.4 Å². The molecule has 1 aliphatic rings. The number of aromatic nitrogens is 4. The summed E-state index contributed by atoms with van der Waals surface area (Å²) in [5.74, 6) is -0.386. The second-order valence-corrected chi connectivity index (χ2v) is 8.91. The van der Waals surface area contributed by atoms with Gasteiger partial charge in [0, 0.05) is 25.4 Å². The van der Waals surface area contributed by atoms with Crippen molar-refractivity contribution in [2.24, 2.45) is 7.05 Å². The molecule has 2 aromatic rings. The highest BCUT2D eigenvalue weighted by molar-refractivity contribution is 8.13. The molecule has 2 aromatic heterocycles. The third kappa shape index (κ3) is 2.88. The summed E-state index contributed by atoms with van der Waals surface area (Å²) in [5, 5.41) is 7.81. The molecule has 10 nitrogen and oxygen atoms in total. The Morgan fingerprint density at radius 2 is 2.00 bits per heavy atom. The van der Waals surface area contributed by atoms with Gasteiger partial charge in [-0.1, -0.05) is 6.92 Å². The molecule has 3 heterocycles. The molecule has 25 heavy (non-hydrogen) atoms. The highest BCUT2D eigenvalue weighted by atomic mass is 32.2. The maximum absolute atomic E-state index is 12.8. The molecule has 0 spiro atoms. The third-order valence-electron chi connectivity index (χ3n) is 4.03. The van der Waals surface area contributed by atoms with Gasteiger partial charge in [-0.2, -0.15) is 0 Å². The molecule has 1 fully saturated rings. The van der Waals surface area contributed by atoms with E-state index in [1.807, 2.05) is 6.92 Å². The van der Waals surface area contributed by atoms with E-state index in [9.17, 15) is 22.8 Å². The number of carbonyl (C=O) groups is 1. The zero-order valence-electron chi connectivity index (χ0n) is 13.5. The summed E-state index contributed by atoms with van der Waals surface area (Å²) in [5.41, 5.74) is -1.03. The summed E-state index contributed by atoms with van der Waals surface area (Å²) in [6.07, 6.45) is 0.559. The summed E-state index contributed by atoms with van der Waals surface area (Å²) in [6, 6.07) is -0.572. The van der Waals surface area contributed by atoms with Crippen LogP contribution in [0.15, 0.2) is 14.7 Å². The lowest BCUT2D eigenvalue weighted by atomic mass is 10.3. The molecule has 0 radical (unpaired) electrons. The Kier molecular flexibility index (Phi) is 4.27. The van der Waals surface area contributed by atoms with Crippen LogP contribution in [0, 0.1) is 0 Å². The molecular formula is C13H16N4O6S2. The monoisotopic (exact) mass is 388 g/mol. The van der Waals surface area contributed by atoms with Gasteiger partial charge in [-0.05, 0) is 6.42 Å². The zero-order valence-corrected chi connectivity index (χ0v) is 15.1. The molecular weight excluding hydrogens is 372 g/mol. The van der Waals surface area contributed by atoms with Crippen molar-refractivity contribution in [2.75, 3.05) is 11.5 Å². The van der Waals surface area contributed by atoms with Crippen molar-refractivity contribution in [1.29, 1.82) is 0 Å². The number of aryl methyl sites for hydroxylation is 1. The van der Waals surface area contributed by atoms with Crippen molar-refractivity contribution in [2.45, 2.75) is 31.1 Å². The standard InChI is InChI=1S/C13H16N4O6S2/c1-3-4-16-10(18)8-9(15(2)12(16)19)14-11(24-13(20)21)17(8)7-5-25(22,23)6-7/h7H,3-6H2,1-2H3,(H,20,21). The van der Waals surface area contributed by atoms with Crippen LogP contribution in [0.1, 0.15) is 19.4 Å². The summed E-state index contributed by atoms with van der Waals surface area (Å²) in [4.78, 5) is 40.4. The number of carboxylic acid groups (broad SMARTS) is 1. The lowest BCUT2D eigenvalue weighted by Gasteiger charge is -2.28. The maximum Gasteiger partial charge on any atom is 0.372 e. The first kappa shape index (κ1) is 17.7. The molecule has 3 rings (SSSR count). The van der Waals surface area contributed by atoms with Crippen molar-refractivity contribution in [3.05, 3.63) is 20.8 Å². The molecule has 1 N–H and O–H groups in total. The number of thioether (sulfide) groups is 1. The minimum atomic E-state index is -3.20. The average molecular weight is 388 g/mol. The van der Waals surface area contributed by atoms with Gasteiger partial charge in [0.1, 0.15) is 0 Å². The van der Waals surface area contributed by atoms with Crippen molar-refractivity contribution in [3.63, 3.8) is 0 Å². The molecule has 12 heteroatoms. The minimum absolute atomic E-state index is 0.0104. The number of hydrogen-bond acceptors (Lipinski definition) is 7. The van der Waals surface area contributed by atoms with Crippen LogP contribution in [0.4, 0.5) is 4.79 Å². The van der Waals surface area contributed by atoms with E-state index in [2.05, 4.69) is 4.98 Å². The number of imidazole rings is 1. The quantitative estimate of drug-likeness (QED) is 0.726. The van der Waals surface area contributed by atoms with Gasteiger partial charge in [-0.25, -0.2) is 23.0 Å². The smallest absolute Gasteiger partial charge is 0.372 e. The number of rotatable bonds is 4. The predicted molar refractivity (Wildman–Crippen MR) is 91.1 cm³/mol. The first-order valence-corrected chi connectivity index (χ1v) is 10.1. The molecule has 1 aliphatic heterocycles. The van der Waals surface area contributed by atoms with Crippen molar-refractivity contribution in [1.82, 2.24) is 18.7 Å². The van der Waals surface area contributed by atoms with Gasteiger partial charge in [0.2, 0.25) is 0 Å². The van der Waals surface area contributed by atoms with E-state index in [1.54, 1.807) is 0 Å². The molecule has 0 aliphatic carbocycles. The van der Waals surface area contributed by atoms with Gasteiger partial charge in [0.25, 0.3) is 5.56 Å². The molecule has 0 aromatic carbocycles. The molecule has 0 amide bonds. The molecule has 0 bridgehead atoms. The second-order valence-electron chi connectivity index (χ2n) is 5.83. The van der Waals surface area contributed by atoms with E-state index in [0.29, 0.717) is 18.2 Å². The number of nitrogens with zero attached hydrogens (tertiary/aromatic N) is 4. The van der Waals surface area contributed by atoms with Gasteiger partial charge in [-0.3, -0.25) is 13.9 Å². The molecule has 1 saturated heterocycles. The Balaban J connectivity index is 2.35. The van der Waals surface area contributed by atoms with Crippen LogP contribution in [0.5, 0.6) is 0 Å². The molecule has 0 unspecified atom stereocenters. The average Bonchev–Trinajstić information content (AvgIpc) is 2.85. The summed E-state index contributed by atoms with van der Waals surface area (Å²) in [7, 11) is -1.76. The first-order valence-electron chi connectivity index (χ1n) is 7.49. The number of fused-ring (bicyclic) bond motifs is 1. The Hall–Kier alpha value is -2.08. The topological polar surface area (TPSA) is 133 Å². The number of sulfone groups is 1. The Morgan fingerprint density at radius 1 is 1.36 bits per heavy atom. The van der Waals surface area contributed by atoms with Crippen LogP contribution in [-0.2, 0) is 23.4 Å². The van der Waals surface area contributed by atoms with Gasteiger partial charge in [0.05, 0.1) is 17.5 Å². The van der Waals surface area contributed by atoms with E-state index in [0.717, 1.165) is 4.57 Å². The fraction of sp³-hybridized carbons (Fsp3) is 0.538. The van der Waals surface area contributed by atoms with Crippen LogP contribution in [0.25, 0.3) is 11.2 Å². The van der Waals surface area contributed by atoms with Crippen LogP contribution >= 0.6 is 11.8 Å². The third-order valence-corrected chi connectivity index (χ3v) is 6.46. The van der Waals surface area contributed by atoms with Gasteiger partial charge in [-0.15, -0.1) is 0 Å². The zero-order chi connectivity index (χ0) is 18.5. The highest BCUT2D eigenvalue weighted by Crippen LogP contribution is 2.32. The largest absolute Gasteiger partial charge is 0.473 e. The Bertz CT molecular complexity index is 1080. The summed E-state index contributed by atoms with van der Waals surface area (Å²) < 4.78 is 26.7. The van der Waals surface area contributed by atoms with Crippen molar-refractivity contribution in [3.8, 4) is 0 Å². The minimum Gasteiger partial charge on any atom is -0.473 e. The number of hydrogen-bond donors (Lipinski definition) is 1. The molecule has 136 valence electrons. The van der Waals surface area contributed by atoms with Crippen molar-refractivity contribution >= 4 is 38.1 Å². The van der Waals surface area contributed by atoms with Crippen LogP contribution in [0.2, 0.25) is 0 Å². The predicted octanol–water partition coefficient (Wildman–Crippen LogP) is 0.0463. The normalized spacial score (nSPS) is 16.9. The van der Waals surface area contributed by atoms with E-state index >= 15 is 0 Å². The molecule has 0 atom stereocenters. The molecule has 0 saturated carbocycles. The van der Waals surface area contributed by atoms with Gasteiger partial charge < -0.3 is 9.67 Å². The fourth-order valence-corrected chi connectivity index (χ4v) is 4.92. The van der Waals surface area contributed by atoms with Crippen molar-refractivity contribution < 1.29 is 18.3 Å². The summed E-state index contributed by atoms with van der Waals surface area (Å²) >= 11 is 0.381. The Labute approximate surface area is 146 Å².